The Hall–Kier alpha value is 0.130. The monoisotopic (exact) mass is 811 g/mol. The van der Waals surface area contributed by atoms with Gasteiger partial charge in [0.2, 0.25) is 0 Å². The van der Waals surface area contributed by atoms with Gasteiger partial charge in [0.05, 0.1) is 4.90 Å². The van der Waals surface area contributed by atoms with Gasteiger partial charge in [-0.2, -0.15) is 0 Å². The zero-order valence-electron chi connectivity index (χ0n) is 38.1. The Morgan fingerprint density at radius 3 is 0.679 bits per heavy atom. The molecule has 0 unspecified atom stereocenters. The molecule has 0 atom stereocenters. The zero-order valence-corrected chi connectivity index (χ0v) is 40.9. The first kappa shape index (κ1) is 56.1. The minimum Gasteiger partial charge on any atom is -0.744 e. The second-order valence-electron chi connectivity index (χ2n) is 17.7. The molecule has 1 aromatic carbocycles. The molecule has 324 valence electrons. The van der Waals surface area contributed by atoms with E-state index >= 15 is 0 Å². The van der Waals surface area contributed by atoms with Crippen molar-refractivity contribution in [3.05, 3.63) is 29.8 Å². The van der Waals surface area contributed by atoms with Gasteiger partial charge in [0, 0.05) is 0 Å². The predicted molar refractivity (Wildman–Crippen MR) is 242 cm³/mol. The predicted octanol–water partition coefficient (Wildman–Crippen LogP) is 14.9. The summed E-state index contributed by atoms with van der Waals surface area (Å²) in [6.07, 6.45) is 62.8. The molecule has 0 saturated heterocycles. The van der Waals surface area contributed by atoms with Crippen molar-refractivity contribution in [2.45, 2.75) is 294 Å². The van der Waals surface area contributed by atoms with Gasteiger partial charge in [-0.05, 0) is 30.5 Å². The molecule has 0 N–H and O–H groups in total. The minimum absolute atomic E-state index is 0. The van der Waals surface area contributed by atoms with Gasteiger partial charge in [-0.1, -0.05) is 289 Å². The van der Waals surface area contributed by atoms with Crippen molar-refractivity contribution in [3.63, 3.8) is 0 Å². The van der Waals surface area contributed by atoms with E-state index in [0.717, 1.165) is 18.4 Å². The molecule has 0 aliphatic carbocycles. The molecule has 56 heavy (non-hydrogen) atoms. The van der Waals surface area contributed by atoms with Crippen LogP contribution in [0.1, 0.15) is 289 Å². The average Bonchev–Trinajstić information content (AvgIpc) is 3.18. The smallest absolute Gasteiger partial charge is 0.744 e. The van der Waals surface area contributed by atoms with Crippen LogP contribution in [-0.4, -0.2) is 13.0 Å². The molecule has 3 nitrogen and oxygen atoms in total. The van der Waals surface area contributed by atoms with E-state index in [4.69, 9.17) is 0 Å². The molecule has 1 aromatic rings. The summed E-state index contributed by atoms with van der Waals surface area (Å²) in [6.45, 7) is 2.31. The fourth-order valence-corrected chi connectivity index (χ4v) is 8.94. The zero-order chi connectivity index (χ0) is 39.6. The van der Waals surface area contributed by atoms with Gasteiger partial charge in [-0.15, -0.1) is 0 Å². The van der Waals surface area contributed by atoms with E-state index in [-0.39, 0.29) is 34.5 Å². The van der Waals surface area contributed by atoms with Crippen LogP contribution >= 0.6 is 0 Å². The van der Waals surface area contributed by atoms with Crippen LogP contribution < -0.4 is 29.6 Å². The van der Waals surface area contributed by atoms with Gasteiger partial charge in [0.15, 0.2) is 0 Å². The van der Waals surface area contributed by atoms with Crippen molar-refractivity contribution in [2.24, 2.45) is 0 Å². The van der Waals surface area contributed by atoms with Gasteiger partial charge in [0.25, 0.3) is 0 Å². The first-order valence-electron chi connectivity index (χ1n) is 25.1. The van der Waals surface area contributed by atoms with Crippen LogP contribution in [-0.2, 0) is 16.5 Å². The maximum Gasteiger partial charge on any atom is 1.00 e. The third-order valence-electron chi connectivity index (χ3n) is 12.3. The summed E-state index contributed by atoms with van der Waals surface area (Å²) in [7, 11) is -4.33. The molecule has 0 amide bonds. The Kier molecular flexibility index (Phi) is 44.8. The summed E-state index contributed by atoms with van der Waals surface area (Å²) >= 11 is 0. The number of aryl methyl sites for hydroxylation is 1. The number of rotatable bonds is 45. The summed E-state index contributed by atoms with van der Waals surface area (Å²) in [5.41, 5.74) is 1.12. The van der Waals surface area contributed by atoms with Crippen LogP contribution in [0.15, 0.2) is 29.2 Å². The van der Waals surface area contributed by atoms with E-state index in [0.29, 0.717) is 0 Å². The van der Waals surface area contributed by atoms with Crippen LogP contribution in [0.25, 0.3) is 0 Å². The molecule has 0 radical (unpaired) electrons. The molecule has 0 saturated carbocycles. The Balaban J connectivity index is 0.0000302. The average molecular weight is 811 g/mol. The molecule has 0 fully saturated rings. The third kappa shape index (κ3) is 40.9. The van der Waals surface area contributed by atoms with Crippen molar-refractivity contribution in [3.8, 4) is 0 Å². The molecular weight excluding hydrogens is 716 g/mol. The molecule has 0 spiro atoms. The van der Waals surface area contributed by atoms with E-state index in [1.165, 1.54) is 282 Å². The second-order valence-corrected chi connectivity index (χ2v) is 19.1. The number of unbranched alkanes of at least 4 members (excludes halogenated alkanes) is 42. The maximum atomic E-state index is 11.0. The largest absolute Gasteiger partial charge is 1.00 e. The molecular formula is C51H95NaO3S. The first-order valence-corrected chi connectivity index (χ1v) is 26.5. The number of benzene rings is 1. The van der Waals surface area contributed by atoms with Gasteiger partial charge in [-0.25, -0.2) is 8.42 Å². The van der Waals surface area contributed by atoms with Crippen molar-refractivity contribution in [1.82, 2.24) is 0 Å². The van der Waals surface area contributed by atoms with E-state index in [1.54, 1.807) is 12.1 Å². The molecule has 0 heterocycles. The van der Waals surface area contributed by atoms with Crippen molar-refractivity contribution in [2.75, 3.05) is 0 Å². The Morgan fingerprint density at radius 2 is 0.500 bits per heavy atom. The third-order valence-corrected chi connectivity index (χ3v) is 13.1. The SMILES string of the molecule is CCCCCCCCCCCCCCCCCCCCCCCCCCCCCCCCCCCCCCCCCCCCCc1ccc(S(=O)(=O)[O-])cc1.[Na+]. The maximum absolute atomic E-state index is 11.0. The molecule has 0 bridgehead atoms. The standard InChI is InChI=1S/C51H96O3S.Na/c1-2-3-4-5-6-7-8-9-10-11-12-13-14-15-16-17-18-19-20-21-22-23-24-25-26-27-28-29-30-31-32-33-34-35-36-37-38-39-40-41-42-43-44-45-50-46-48-51(49-47-50)55(52,53)54;/h46-49H,2-45H2,1H3,(H,52,53,54);/q;+1/p-1. The Bertz CT molecular complexity index is 995. The summed E-state index contributed by atoms with van der Waals surface area (Å²) in [5, 5.41) is 0. The summed E-state index contributed by atoms with van der Waals surface area (Å²) in [6, 6.07) is 6.42. The summed E-state index contributed by atoms with van der Waals surface area (Å²) < 4.78 is 33.1. The van der Waals surface area contributed by atoms with Crippen LogP contribution in [0.3, 0.4) is 0 Å². The minimum atomic E-state index is -4.33. The molecule has 0 aromatic heterocycles. The van der Waals surface area contributed by atoms with Crippen LogP contribution in [0.2, 0.25) is 0 Å². The normalized spacial score (nSPS) is 11.7. The Morgan fingerprint density at radius 1 is 0.321 bits per heavy atom. The topological polar surface area (TPSA) is 57.2 Å². The number of hydrogen-bond donors (Lipinski definition) is 0. The van der Waals surface area contributed by atoms with E-state index < -0.39 is 10.1 Å². The summed E-state index contributed by atoms with van der Waals surface area (Å²) in [4.78, 5) is -0.131. The van der Waals surface area contributed by atoms with E-state index in [1.807, 2.05) is 0 Å². The quantitative estimate of drug-likeness (QED) is 0.0374. The Labute approximate surface area is 374 Å². The number of hydrogen-bond acceptors (Lipinski definition) is 3. The van der Waals surface area contributed by atoms with Crippen molar-refractivity contribution >= 4 is 10.1 Å². The molecule has 1 rings (SSSR count). The van der Waals surface area contributed by atoms with Gasteiger partial charge in [0.1, 0.15) is 10.1 Å². The molecule has 5 heteroatoms. The van der Waals surface area contributed by atoms with E-state index in [9.17, 15) is 13.0 Å². The molecule has 0 aliphatic rings. The fourth-order valence-electron chi connectivity index (χ4n) is 8.47. The van der Waals surface area contributed by atoms with Gasteiger partial charge < -0.3 is 4.55 Å². The van der Waals surface area contributed by atoms with Crippen molar-refractivity contribution < 1.29 is 42.5 Å². The fraction of sp³-hybridized carbons (Fsp3) is 0.882. The van der Waals surface area contributed by atoms with Crippen LogP contribution in [0, 0.1) is 0 Å². The van der Waals surface area contributed by atoms with E-state index in [2.05, 4.69) is 6.92 Å². The summed E-state index contributed by atoms with van der Waals surface area (Å²) in [5.74, 6) is 0. The molecule has 0 aliphatic heterocycles. The second kappa shape index (κ2) is 44.7. The van der Waals surface area contributed by atoms with Crippen LogP contribution in [0.4, 0.5) is 0 Å². The van der Waals surface area contributed by atoms with Crippen LogP contribution in [0.5, 0.6) is 0 Å². The van der Waals surface area contributed by atoms with Gasteiger partial charge in [-0.3, -0.25) is 0 Å². The first-order chi connectivity index (χ1) is 27.0. The van der Waals surface area contributed by atoms with Gasteiger partial charge >= 0.3 is 29.6 Å². The van der Waals surface area contributed by atoms with Crippen molar-refractivity contribution in [1.29, 1.82) is 0 Å².